The molecule has 0 spiro atoms. The van der Waals surface area contributed by atoms with E-state index in [1.165, 1.54) is 18.7 Å². The van der Waals surface area contributed by atoms with Crippen molar-refractivity contribution in [2.45, 2.75) is 44.8 Å². The molecule has 0 saturated heterocycles. The molecular weight excluding hydrogens is 450 g/mol. The minimum atomic E-state index is -0.937. The van der Waals surface area contributed by atoms with E-state index in [2.05, 4.69) is 16.0 Å². The van der Waals surface area contributed by atoms with Gasteiger partial charge in [-0.15, -0.1) is 0 Å². The van der Waals surface area contributed by atoms with Gasteiger partial charge in [-0.3, -0.25) is 24.0 Å². The number of carbonyl (C=O) groups is 5. The van der Waals surface area contributed by atoms with Crippen LogP contribution in [0.15, 0.2) is 30.3 Å². The summed E-state index contributed by atoms with van der Waals surface area (Å²) in [6.45, 7) is 2.27. The summed E-state index contributed by atoms with van der Waals surface area (Å²) >= 11 is 1.53. The fourth-order valence-electron chi connectivity index (χ4n) is 2.43. The Morgan fingerprint density at radius 1 is 1.03 bits per heavy atom. The van der Waals surface area contributed by atoms with Crippen LogP contribution in [0.2, 0.25) is 0 Å². The number of amides is 4. The van der Waals surface area contributed by atoms with Crippen molar-refractivity contribution in [3.63, 3.8) is 0 Å². The quantitative estimate of drug-likeness (QED) is 0.218. The monoisotopic (exact) mass is 483 g/mol. The van der Waals surface area contributed by atoms with Crippen molar-refractivity contribution >= 4 is 41.4 Å². The first-order valence-corrected chi connectivity index (χ1v) is 11.5. The predicted octanol–water partition coefficient (Wildman–Crippen LogP) is -1.01. The molecule has 0 heterocycles. The topological polar surface area (TPSA) is 194 Å². The number of hydrogen-bond donors (Lipinski definition) is 6. The van der Waals surface area contributed by atoms with Gasteiger partial charge in [0.2, 0.25) is 23.6 Å². The lowest BCUT2D eigenvalue weighted by Crippen LogP contribution is -2.55. The molecule has 0 aliphatic rings. The maximum absolute atomic E-state index is 12.8. The van der Waals surface area contributed by atoms with E-state index in [1.807, 2.05) is 36.6 Å². The summed E-state index contributed by atoms with van der Waals surface area (Å²) in [5, 5.41) is 15.0. The summed E-state index contributed by atoms with van der Waals surface area (Å²) in [5.74, 6) is -2.37. The molecule has 33 heavy (non-hydrogen) atoms. The Bertz CT molecular complexity index is 787. The summed E-state index contributed by atoms with van der Waals surface area (Å²) in [5.41, 5.74) is 11.6. The van der Waals surface area contributed by atoms with Crippen LogP contribution in [-0.4, -0.2) is 71.4 Å². The smallest absolute Gasteiger partial charge is 0.300 e. The lowest BCUT2D eigenvalue weighted by Gasteiger charge is -2.22. The Balaban J connectivity index is 0.00000235. The zero-order valence-electron chi connectivity index (χ0n) is 19.0. The van der Waals surface area contributed by atoms with Crippen molar-refractivity contribution < 1.29 is 29.1 Å². The van der Waals surface area contributed by atoms with Gasteiger partial charge in [0.15, 0.2) is 0 Å². The fourth-order valence-corrected chi connectivity index (χ4v) is 2.90. The van der Waals surface area contributed by atoms with Crippen LogP contribution in [-0.2, 0) is 30.4 Å². The van der Waals surface area contributed by atoms with Crippen molar-refractivity contribution in [2.75, 3.05) is 18.6 Å². The maximum atomic E-state index is 12.8. The number of thioether (sulfide) groups is 1. The second-order valence-electron chi connectivity index (χ2n) is 7.08. The number of hydrogen-bond acceptors (Lipinski definition) is 7. The van der Waals surface area contributed by atoms with Gasteiger partial charge in [-0.2, -0.15) is 11.8 Å². The standard InChI is InChI=1S/C19H29N5O4S.C2H4O2/c1-12(20)18(27)22-11-16(25)23-15(10-13-6-4-3-5-7-13)19(28)24-14(17(21)26)8-9-29-2;1-2(3)4/h3-7,12,14-15H,8-11,20H2,1-2H3,(H2,21,26)(H,22,27)(H,23,25)(H,24,28);1H3,(H,3,4)/t12-,14+,15-;/m1./s1. The molecule has 0 aliphatic carbocycles. The summed E-state index contributed by atoms with van der Waals surface area (Å²) in [7, 11) is 0. The van der Waals surface area contributed by atoms with E-state index < -0.39 is 47.7 Å². The third-order valence-corrected chi connectivity index (χ3v) is 4.69. The number of carboxylic acid groups (broad SMARTS) is 1. The van der Waals surface area contributed by atoms with Crippen molar-refractivity contribution in [1.29, 1.82) is 0 Å². The number of rotatable bonds is 12. The van der Waals surface area contributed by atoms with Crippen LogP contribution in [0, 0.1) is 0 Å². The summed E-state index contributed by atoms with van der Waals surface area (Å²) in [4.78, 5) is 57.2. The molecule has 0 aliphatic heterocycles. The molecule has 0 bridgehead atoms. The molecule has 8 N–H and O–H groups in total. The van der Waals surface area contributed by atoms with E-state index >= 15 is 0 Å². The van der Waals surface area contributed by atoms with Gasteiger partial charge in [-0.1, -0.05) is 30.3 Å². The molecule has 1 rings (SSSR count). The van der Waals surface area contributed by atoms with Crippen LogP contribution in [0.1, 0.15) is 25.8 Å². The molecule has 11 nitrogen and oxygen atoms in total. The Morgan fingerprint density at radius 3 is 2.09 bits per heavy atom. The Labute approximate surface area is 197 Å². The lowest BCUT2D eigenvalue weighted by atomic mass is 10.0. The minimum absolute atomic E-state index is 0.216. The van der Waals surface area contributed by atoms with Crippen LogP contribution in [0.5, 0.6) is 0 Å². The number of carboxylic acids is 1. The van der Waals surface area contributed by atoms with Gasteiger partial charge < -0.3 is 32.5 Å². The maximum Gasteiger partial charge on any atom is 0.300 e. The fraction of sp³-hybridized carbons (Fsp3) is 0.476. The molecular formula is C21H33N5O6S. The summed E-state index contributed by atoms with van der Waals surface area (Å²) in [6.07, 6.45) is 2.49. The van der Waals surface area contributed by atoms with Gasteiger partial charge in [0.25, 0.3) is 5.97 Å². The molecule has 1 aromatic carbocycles. The first kappa shape index (κ1) is 29.9. The van der Waals surface area contributed by atoms with Crippen LogP contribution in [0.25, 0.3) is 0 Å². The second kappa shape index (κ2) is 16.5. The van der Waals surface area contributed by atoms with E-state index in [0.717, 1.165) is 12.5 Å². The molecule has 0 saturated carbocycles. The van der Waals surface area contributed by atoms with E-state index in [9.17, 15) is 19.2 Å². The minimum Gasteiger partial charge on any atom is -0.481 e. The molecule has 1 aromatic rings. The highest BCUT2D eigenvalue weighted by atomic mass is 32.2. The van der Waals surface area contributed by atoms with Crippen LogP contribution >= 0.6 is 11.8 Å². The van der Waals surface area contributed by atoms with Gasteiger partial charge in [-0.05, 0) is 30.9 Å². The average Bonchev–Trinajstić information content (AvgIpc) is 2.74. The van der Waals surface area contributed by atoms with Crippen molar-refractivity contribution in [2.24, 2.45) is 11.5 Å². The molecule has 0 fully saturated rings. The van der Waals surface area contributed by atoms with Crippen LogP contribution in [0.3, 0.4) is 0 Å². The third kappa shape index (κ3) is 14.5. The number of nitrogens with one attached hydrogen (secondary N) is 3. The number of benzene rings is 1. The van der Waals surface area contributed by atoms with Crippen molar-refractivity contribution in [3.8, 4) is 0 Å². The molecule has 0 radical (unpaired) electrons. The van der Waals surface area contributed by atoms with E-state index in [-0.39, 0.29) is 13.0 Å². The third-order valence-electron chi connectivity index (χ3n) is 4.04. The first-order valence-electron chi connectivity index (χ1n) is 10.1. The molecule has 3 atom stereocenters. The van der Waals surface area contributed by atoms with Crippen molar-refractivity contribution in [1.82, 2.24) is 16.0 Å². The van der Waals surface area contributed by atoms with Crippen LogP contribution in [0.4, 0.5) is 0 Å². The Kier molecular flexibility index (Phi) is 14.9. The molecule has 4 amide bonds. The van der Waals surface area contributed by atoms with Gasteiger partial charge in [0, 0.05) is 13.3 Å². The predicted molar refractivity (Wildman–Crippen MR) is 126 cm³/mol. The first-order chi connectivity index (χ1) is 15.5. The molecule has 0 aromatic heterocycles. The van der Waals surface area contributed by atoms with Gasteiger partial charge in [0.1, 0.15) is 12.1 Å². The number of aliphatic carboxylic acids is 1. The average molecular weight is 484 g/mol. The second-order valence-corrected chi connectivity index (χ2v) is 8.07. The van der Waals surface area contributed by atoms with Crippen LogP contribution < -0.4 is 27.4 Å². The number of primary amides is 1. The normalized spacial score (nSPS) is 12.7. The van der Waals surface area contributed by atoms with E-state index in [0.29, 0.717) is 12.2 Å². The van der Waals surface area contributed by atoms with Gasteiger partial charge >= 0.3 is 0 Å². The Hall–Kier alpha value is -3.12. The molecule has 12 heteroatoms. The highest BCUT2D eigenvalue weighted by molar-refractivity contribution is 7.98. The van der Waals surface area contributed by atoms with E-state index in [4.69, 9.17) is 21.4 Å². The zero-order chi connectivity index (χ0) is 25.4. The number of carbonyl (C=O) groups excluding carboxylic acids is 4. The largest absolute Gasteiger partial charge is 0.481 e. The highest BCUT2D eigenvalue weighted by Crippen LogP contribution is 2.06. The van der Waals surface area contributed by atoms with Crippen molar-refractivity contribution in [3.05, 3.63) is 35.9 Å². The van der Waals surface area contributed by atoms with Gasteiger partial charge in [0.05, 0.1) is 12.6 Å². The summed E-state index contributed by atoms with van der Waals surface area (Å²) < 4.78 is 0. The number of nitrogens with two attached hydrogens (primary N) is 2. The zero-order valence-corrected chi connectivity index (χ0v) is 19.8. The molecule has 184 valence electrons. The van der Waals surface area contributed by atoms with Gasteiger partial charge in [-0.25, -0.2) is 0 Å². The Morgan fingerprint density at radius 2 is 1.61 bits per heavy atom. The summed E-state index contributed by atoms with van der Waals surface area (Å²) in [6, 6.07) is 6.61. The lowest BCUT2D eigenvalue weighted by molar-refractivity contribution is -0.134. The van der Waals surface area contributed by atoms with E-state index in [1.54, 1.807) is 0 Å². The highest BCUT2D eigenvalue weighted by Gasteiger charge is 2.26. The SMILES string of the molecule is CC(=O)O.CSCC[C@H](NC(=O)[C@@H](Cc1ccccc1)NC(=O)CNC(=O)[C@@H](C)N)C(N)=O. The molecule has 0 unspecified atom stereocenters.